The standard InChI is InChI=1S/C10H19N3O/c11-10(14)1-4-12-9-7-13-5-2-8(9)3-6-13/h8-9,12H,1-7H2,(H2,11,14). The Hall–Kier alpha value is -0.610. The van der Waals surface area contributed by atoms with Gasteiger partial charge in [-0.1, -0.05) is 0 Å². The van der Waals surface area contributed by atoms with Crippen molar-refractivity contribution in [3.63, 3.8) is 0 Å². The van der Waals surface area contributed by atoms with Crippen molar-refractivity contribution in [2.45, 2.75) is 25.3 Å². The van der Waals surface area contributed by atoms with E-state index in [0.717, 1.165) is 19.0 Å². The van der Waals surface area contributed by atoms with Crippen molar-refractivity contribution in [3.05, 3.63) is 0 Å². The molecule has 1 atom stereocenters. The van der Waals surface area contributed by atoms with Crippen LogP contribution in [0.5, 0.6) is 0 Å². The van der Waals surface area contributed by atoms with Gasteiger partial charge in [-0.25, -0.2) is 0 Å². The van der Waals surface area contributed by atoms with E-state index < -0.39 is 0 Å². The van der Waals surface area contributed by atoms with Gasteiger partial charge in [0.05, 0.1) is 0 Å². The number of piperidine rings is 3. The van der Waals surface area contributed by atoms with Crippen LogP contribution in [0.1, 0.15) is 19.3 Å². The first kappa shape index (κ1) is 9.93. The second-order valence-electron chi connectivity index (χ2n) is 4.41. The number of nitrogens with zero attached hydrogens (tertiary/aromatic N) is 1. The van der Waals surface area contributed by atoms with Gasteiger partial charge in [0.15, 0.2) is 0 Å². The maximum absolute atomic E-state index is 10.6. The predicted molar refractivity (Wildman–Crippen MR) is 54.8 cm³/mol. The molecule has 0 aromatic heterocycles. The lowest BCUT2D eigenvalue weighted by atomic mass is 9.84. The molecule has 3 rings (SSSR count). The molecule has 14 heavy (non-hydrogen) atoms. The van der Waals surface area contributed by atoms with Gasteiger partial charge < -0.3 is 16.0 Å². The van der Waals surface area contributed by atoms with Crippen molar-refractivity contribution >= 4 is 5.91 Å². The molecule has 3 heterocycles. The lowest BCUT2D eigenvalue weighted by Gasteiger charge is -2.45. The normalized spacial score (nSPS) is 35.9. The van der Waals surface area contributed by atoms with Crippen LogP contribution in [0.25, 0.3) is 0 Å². The van der Waals surface area contributed by atoms with Gasteiger partial charge in [0, 0.05) is 25.6 Å². The van der Waals surface area contributed by atoms with E-state index in [9.17, 15) is 4.79 Å². The monoisotopic (exact) mass is 197 g/mol. The summed E-state index contributed by atoms with van der Waals surface area (Å²) in [6.07, 6.45) is 3.09. The first-order valence-corrected chi connectivity index (χ1v) is 5.50. The topological polar surface area (TPSA) is 58.4 Å². The molecule has 2 bridgehead atoms. The summed E-state index contributed by atoms with van der Waals surface area (Å²) >= 11 is 0. The van der Waals surface area contributed by atoms with Gasteiger partial charge in [0.2, 0.25) is 5.91 Å². The van der Waals surface area contributed by atoms with E-state index in [1.165, 1.54) is 25.9 Å². The number of carbonyl (C=O) groups is 1. The highest BCUT2D eigenvalue weighted by Gasteiger charge is 2.33. The molecule has 1 amide bonds. The number of carbonyl (C=O) groups excluding carboxylic acids is 1. The largest absolute Gasteiger partial charge is 0.370 e. The van der Waals surface area contributed by atoms with Gasteiger partial charge in [-0.05, 0) is 31.8 Å². The fourth-order valence-corrected chi connectivity index (χ4v) is 2.58. The Kier molecular flexibility index (Phi) is 3.03. The lowest BCUT2D eigenvalue weighted by molar-refractivity contribution is -0.118. The second kappa shape index (κ2) is 4.28. The molecule has 0 aromatic carbocycles. The summed E-state index contributed by atoms with van der Waals surface area (Å²) in [6, 6.07) is 0.594. The molecule has 1 unspecified atom stereocenters. The highest BCUT2D eigenvalue weighted by atomic mass is 16.1. The molecule has 0 radical (unpaired) electrons. The van der Waals surface area contributed by atoms with E-state index in [-0.39, 0.29) is 5.91 Å². The average molecular weight is 197 g/mol. The van der Waals surface area contributed by atoms with E-state index in [1.807, 2.05) is 0 Å². The number of amides is 1. The molecular weight excluding hydrogens is 178 g/mol. The lowest BCUT2D eigenvalue weighted by Crippen LogP contribution is -2.56. The van der Waals surface area contributed by atoms with E-state index in [2.05, 4.69) is 10.2 Å². The molecule has 3 aliphatic heterocycles. The number of primary amides is 1. The Morgan fingerprint density at radius 1 is 1.43 bits per heavy atom. The molecule has 4 heteroatoms. The maximum Gasteiger partial charge on any atom is 0.218 e. The third-order valence-corrected chi connectivity index (χ3v) is 3.43. The SMILES string of the molecule is NC(=O)CCNC1CN2CCC1CC2. The summed E-state index contributed by atoms with van der Waals surface area (Å²) in [4.78, 5) is 13.1. The summed E-state index contributed by atoms with van der Waals surface area (Å²) in [5, 5.41) is 3.44. The zero-order chi connectivity index (χ0) is 9.97. The Bertz CT molecular complexity index is 211. The average Bonchev–Trinajstić information content (AvgIpc) is 2.19. The number of nitrogens with two attached hydrogens (primary N) is 1. The zero-order valence-corrected chi connectivity index (χ0v) is 8.54. The predicted octanol–water partition coefficient (Wildman–Crippen LogP) is -0.454. The Morgan fingerprint density at radius 2 is 2.14 bits per heavy atom. The molecular formula is C10H19N3O. The van der Waals surface area contributed by atoms with Crippen molar-refractivity contribution in [2.24, 2.45) is 11.7 Å². The minimum absolute atomic E-state index is 0.209. The fraction of sp³-hybridized carbons (Fsp3) is 0.900. The zero-order valence-electron chi connectivity index (χ0n) is 8.54. The van der Waals surface area contributed by atoms with E-state index in [1.54, 1.807) is 0 Å². The summed E-state index contributed by atoms with van der Waals surface area (Å²) in [5.74, 6) is 0.617. The van der Waals surface area contributed by atoms with Gasteiger partial charge in [-0.2, -0.15) is 0 Å². The molecule has 3 N–H and O–H groups in total. The van der Waals surface area contributed by atoms with E-state index in [0.29, 0.717) is 12.5 Å². The van der Waals surface area contributed by atoms with Gasteiger partial charge in [-0.15, -0.1) is 0 Å². The van der Waals surface area contributed by atoms with Gasteiger partial charge >= 0.3 is 0 Å². The maximum atomic E-state index is 10.6. The van der Waals surface area contributed by atoms with Crippen molar-refractivity contribution in [1.82, 2.24) is 10.2 Å². The van der Waals surface area contributed by atoms with Crippen LogP contribution < -0.4 is 11.1 Å². The van der Waals surface area contributed by atoms with Crippen LogP contribution in [-0.4, -0.2) is 43.0 Å². The van der Waals surface area contributed by atoms with Gasteiger partial charge in [0.25, 0.3) is 0 Å². The molecule has 4 nitrogen and oxygen atoms in total. The quantitative estimate of drug-likeness (QED) is 0.641. The molecule has 3 fully saturated rings. The Morgan fingerprint density at radius 3 is 2.64 bits per heavy atom. The second-order valence-corrected chi connectivity index (χ2v) is 4.41. The number of rotatable bonds is 4. The number of nitrogens with one attached hydrogen (secondary N) is 1. The van der Waals surface area contributed by atoms with Crippen molar-refractivity contribution in [2.75, 3.05) is 26.2 Å². The van der Waals surface area contributed by atoms with E-state index in [4.69, 9.17) is 5.73 Å². The smallest absolute Gasteiger partial charge is 0.218 e. The Labute approximate surface area is 84.8 Å². The number of fused-ring (bicyclic) bond motifs is 3. The minimum Gasteiger partial charge on any atom is -0.370 e. The Balaban J connectivity index is 1.73. The highest BCUT2D eigenvalue weighted by Crippen LogP contribution is 2.27. The summed E-state index contributed by atoms with van der Waals surface area (Å²) in [6.45, 7) is 4.42. The molecule has 0 aromatic rings. The third kappa shape index (κ3) is 2.25. The number of hydrogen-bond acceptors (Lipinski definition) is 3. The molecule has 3 aliphatic rings. The first-order valence-electron chi connectivity index (χ1n) is 5.50. The van der Waals surface area contributed by atoms with Crippen LogP contribution in [-0.2, 0) is 4.79 Å². The van der Waals surface area contributed by atoms with Crippen LogP contribution in [0.3, 0.4) is 0 Å². The third-order valence-electron chi connectivity index (χ3n) is 3.43. The van der Waals surface area contributed by atoms with Crippen LogP contribution in [0, 0.1) is 5.92 Å². The van der Waals surface area contributed by atoms with Crippen LogP contribution >= 0.6 is 0 Å². The van der Waals surface area contributed by atoms with Gasteiger partial charge in [-0.3, -0.25) is 4.79 Å². The van der Waals surface area contributed by atoms with Crippen LogP contribution in [0.15, 0.2) is 0 Å². The molecule has 80 valence electrons. The first-order chi connectivity index (χ1) is 6.75. The molecule has 0 saturated carbocycles. The van der Waals surface area contributed by atoms with E-state index >= 15 is 0 Å². The van der Waals surface area contributed by atoms with Crippen molar-refractivity contribution in [3.8, 4) is 0 Å². The van der Waals surface area contributed by atoms with Crippen molar-refractivity contribution < 1.29 is 4.79 Å². The molecule has 0 spiro atoms. The molecule has 0 aliphatic carbocycles. The number of hydrogen-bond donors (Lipinski definition) is 2. The summed E-state index contributed by atoms with van der Waals surface area (Å²) in [5.41, 5.74) is 5.09. The highest BCUT2D eigenvalue weighted by molar-refractivity contribution is 5.73. The van der Waals surface area contributed by atoms with Gasteiger partial charge in [0.1, 0.15) is 0 Å². The van der Waals surface area contributed by atoms with Crippen LogP contribution in [0.2, 0.25) is 0 Å². The minimum atomic E-state index is -0.209. The van der Waals surface area contributed by atoms with Crippen LogP contribution in [0.4, 0.5) is 0 Å². The molecule has 3 saturated heterocycles. The summed E-state index contributed by atoms with van der Waals surface area (Å²) in [7, 11) is 0. The fourth-order valence-electron chi connectivity index (χ4n) is 2.58. The summed E-state index contributed by atoms with van der Waals surface area (Å²) < 4.78 is 0. The van der Waals surface area contributed by atoms with Crippen molar-refractivity contribution in [1.29, 1.82) is 0 Å².